The van der Waals surface area contributed by atoms with Crippen LogP contribution < -0.4 is 15.9 Å². The van der Waals surface area contributed by atoms with Crippen molar-refractivity contribution in [1.29, 1.82) is 0 Å². The highest BCUT2D eigenvalue weighted by molar-refractivity contribution is 7.49. The number of ether oxygens (including phenoxy) is 2. The number of carbonyl (C=O) groups excluding carboxylic acids is 1. The van der Waals surface area contributed by atoms with E-state index in [2.05, 4.69) is 9.65 Å². The molecule has 11 heteroatoms. The third-order valence-corrected chi connectivity index (χ3v) is 6.66. The first-order valence-electron chi connectivity index (χ1n) is 9.95. The second-order valence-corrected chi connectivity index (χ2v) is 8.79. The Balaban J connectivity index is 1.47. The lowest BCUT2D eigenvalue weighted by Gasteiger charge is -2.25. The number of esters is 1. The van der Waals surface area contributed by atoms with Gasteiger partial charge < -0.3 is 23.2 Å². The first-order chi connectivity index (χ1) is 14.9. The van der Waals surface area contributed by atoms with E-state index in [0.717, 1.165) is 5.69 Å². The third-order valence-electron chi connectivity index (χ3n) is 5.06. The molecular weight excluding hydrogens is 425 g/mol. The minimum absolute atomic E-state index is 0.126. The molecule has 2 saturated heterocycles. The molecule has 2 aromatic rings. The van der Waals surface area contributed by atoms with Gasteiger partial charge in [0.15, 0.2) is 0 Å². The van der Waals surface area contributed by atoms with Gasteiger partial charge in [0.05, 0.1) is 13.2 Å². The van der Waals surface area contributed by atoms with Crippen LogP contribution in [0.1, 0.15) is 25.1 Å². The first-order valence-corrected chi connectivity index (χ1v) is 11.1. The van der Waals surface area contributed by atoms with Gasteiger partial charge in [-0.15, -0.1) is 0 Å². The molecule has 0 spiro atoms. The van der Waals surface area contributed by atoms with Gasteiger partial charge in [-0.2, -0.15) is 0 Å². The number of aromatic amines is 1. The maximum Gasteiger partial charge on any atom is 0.330 e. The normalized spacial score (nSPS) is 25.7. The second kappa shape index (κ2) is 9.32. The predicted molar refractivity (Wildman–Crippen MR) is 113 cm³/mol. The Hall–Kier alpha value is -2.52. The Bertz CT molecular complexity index is 1040. The molecule has 4 rings (SSSR count). The Labute approximate surface area is 179 Å². The van der Waals surface area contributed by atoms with E-state index in [9.17, 15) is 14.4 Å². The fraction of sp³-hybridized carbons (Fsp3) is 0.450. The fourth-order valence-electron chi connectivity index (χ4n) is 3.58. The Morgan fingerprint density at radius 3 is 2.81 bits per heavy atom. The maximum absolute atomic E-state index is 12.2. The summed E-state index contributed by atoms with van der Waals surface area (Å²) in [5.74, 6) is -0.446. The van der Waals surface area contributed by atoms with Crippen LogP contribution in [0.4, 0.5) is 5.69 Å². The van der Waals surface area contributed by atoms with Gasteiger partial charge in [0, 0.05) is 37.3 Å². The number of nitrogens with one attached hydrogen (secondary N) is 1. The van der Waals surface area contributed by atoms with Crippen molar-refractivity contribution in [2.45, 2.75) is 38.7 Å². The summed E-state index contributed by atoms with van der Waals surface area (Å²) in [4.78, 5) is 37.8. The molecule has 166 valence electrons. The summed E-state index contributed by atoms with van der Waals surface area (Å²) in [6, 6.07) is 9.82. The molecule has 0 amide bonds. The van der Waals surface area contributed by atoms with Crippen molar-refractivity contribution in [2.24, 2.45) is 0 Å². The molecule has 2 aliphatic heterocycles. The number of rotatable bonds is 6. The zero-order valence-corrected chi connectivity index (χ0v) is 18.1. The molecule has 0 aliphatic carbocycles. The molecule has 1 aromatic heterocycles. The van der Waals surface area contributed by atoms with Crippen molar-refractivity contribution in [1.82, 2.24) is 9.55 Å². The van der Waals surface area contributed by atoms with Crippen LogP contribution >= 0.6 is 8.53 Å². The highest BCUT2D eigenvalue weighted by Crippen LogP contribution is 2.50. The van der Waals surface area contributed by atoms with Gasteiger partial charge in [-0.25, -0.2) is 4.79 Å². The van der Waals surface area contributed by atoms with Crippen LogP contribution in [0.2, 0.25) is 0 Å². The SMILES string of the molecule is CC(=O)O[C@H]1C[C@H](n2cc(C)c(=O)[nH]c2=O)O[C@@H]1COP1OCCN1c1ccccc1. The number of hydrogen-bond donors (Lipinski definition) is 1. The fourth-order valence-corrected chi connectivity index (χ4v) is 5.02. The van der Waals surface area contributed by atoms with Gasteiger partial charge in [-0.1, -0.05) is 18.2 Å². The summed E-state index contributed by atoms with van der Waals surface area (Å²) in [7, 11) is -1.33. The van der Waals surface area contributed by atoms with E-state index in [-0.39, 0.29) is 13.0 Å². The van der Waals surface area contributed by atoms with Crippen molar-refractivity contribution in [3.63, 3.8) is 0 Å². The Morgan fingerprint density at radius 2 is 2.06 bits per heavy atom. The Kier molecular flexibility index (Phi) is 6.52. The number of aryl methyl sites for hydroxylation is 1. The summed E-state index contributed by atoms with van der Waals surface area (Å²) < 4.78 is 26.6. The largest absolute Gasteiger partial charge is 0.460 e. The monoisotopic (exact) mass is 449 g/mol. The van der Waals surface area contributed by atoms with Crippen molar-refractivity contribution < 1.29 is 23.3 Å². The minimum Gasteiger partial charge on any atom is -0.460 e. The number of para-hydroxylation sites is 1. The maximum atomic E-state index is 12.2. The van der Waals surface area contributed by atoms with Crippen LogP contribution in [0.5, 0.6) is 0 Å². The summed E-state index contributed by atoms with van der Waals surface area (Å²) in [6.07, 6.45) is -0.160. The van der Waals surface area contributed by atoms with E-state index in [1.54, 1.807) is 6.92 Å². The van der Waals surface area contributed by atoms with Crippen LogP contribution in [0, 0.1) is 6.92 Å². The van der Waals surface area contributed by atoms with Gasteiger partial charge in [0.1, 0.15) is 18.4 Å². The van der Waals surface area contributed by atoms with Gasteiger partial charge in [0.25, 0.3) is 14.1 Å². The molecule has 0 bridgehead atoms. The predicted octanol–water partition coefficient (Wildman–Crippen LogP) is 1.84. The van der Waals surface area contributed by atoms with E-state index in [0.29, 0.717) is 18.7 Å². The van der Waals surface area contributed by atoms with Crippen molar-refractivity contribution in [3.05, 3.63) is 62.9 Å². The molecule has 0 saturated carbocycles. The number of hydrogen-bond acceptors (Lipinski definition) is 8. The zero-order chi connectivity index (χ0) is 22.0. The van der Waals surface area contributed by atoms with Crippen LogP contribution in [0.25, 0.3) is 0 Å². The van der Waals surface area contributed by atoms with Crippen LogP contribution in [-0.2, 0) is 23.3 Å². The highest BCUT2D eigenvalue weighted by Gasteiger charge is 2.40. The van der Waals surface area contributed by atoms with Crippen LogP contribution in [0.3, 0.4) is 0 Å². The summed E-state index contributed by atoms with van der Waals surface area (Å²) in [5.41, 5.74) is 0.358. The number of benzene rings is 1. The quantitative estimate of drug-likeness (QED) is 0.525. The highest BCUT2D eigenvalue weighted by atomic mass is 31.2. The average molecular weight is 449 g/mol. The second-order valence-electron chi connectivity index (χ2n) is 7.32. The minimum atomic E-state index is -1.33. The van der Waals surface area contributed by atoms with Crippen molar-refractivity contribution >= 4 is 20.2 Å². The molecule has 31 heavy (non-hydrogen) atoms. The van der Waals surface area contributed by atoms with E-state index >= 15 is 0 Å². The molecule has 3 heterocycles. The lowest BCUT2D eigenvalue weighted by Crippen LogP contribution is -2.33. The van der Waals surface area contributed by atoms with Crippen molar-refractivity contribution in [2.75, 3.05) is 24.4 Å². The molecule has 4 atom stereocenters. The lowest BCUT2D eigenvalue weighted by molar-refractivity contribution is -0.150. The first kappa shape index (κ1) is 21.7. The summed E-state index contributed by atoms with van der Waals surface area (Å²) in [5, 5.41) is 0. The summed E-state index contributed by atoms with van der Waals surface area (Å²) >= 11 is 0. The van der Waals surface area contributed by atoms with E-state index in [1.165, 1.54) is 17.7 Å². The topological polar surface area (TPSA) is 112 Å². The number of aromatic nitrogens is 2. The molecule has 2 aliphatic rings. The van der Waals surface area contributed by atoms with E-state index in [4.69, 9.17) is 18.5 Å². The number of carbonyl (C=O) groups is 1. The lowest BCUT2D eigenvalue weighted by atomic mass is 10.2. The zero-order valence-electron chi connectivity index (χ0n) is 17.2. The third kappa shape index (κ3) is 4.88. The average Bonchev–Trinajstić information content (AvgIpc) is 3.36. The molecule has 1 N–H and O–H groups in total. The smallest absolute Gasteiger partial charge is 0.330 e. The number of nitrogens with zero attached hydrogens (tertiary/aromatic N) is 2. The summed E-state index contributed by atoms with van der Waals surface area (Å²) in [6.45, 7) is 4.31. The molecular formula is C20H24N3O7P. The Morgan fingerprint density at radius 1 is 1.29 bits per heavy atom. The molecule has 1 aromatic carbocycles. The molecule has 1 unspecified atom stereocenters. The molecule has 2 fully saturated rings. The molecule has 0 radical (unpaired) electrons. The van der Waals surface area contributed by atoms with Gasteiger partial charge in [0.2, 0.25) is 0 Å². The standard InChI is InChI=1S/C20H24N3O7P/c1-13-11-22(20(26)21-19(13)25)18-10-16(29-14(2)24)17(30-18)12-28-31-23(8-9-27-31)15-6-4-3-5-7-15/h3-7,11,16-18H,8-10,12H2,1-2H3,(H,21,25,26)/t16-,17+,18+,31?/m0/s1. The van der Waals surface area contributed by atoms with E-state index in [1.807, 2.05) is 30.3 Å². The van der Waals surface area contributed by atoms with Gasteiger partial charge in [-0.3, -0.25) is 19.1 Å². The van der Waals surface area contributed by atoms with E-state index < -0.39 is 44.2 Å². The van der Waals surface area contributed by atoms with Crippen molar-refractivity contribution in [3.8, 4) is 0 Å². The van der Waals surface area contributed by atoms with Gasteiger partial charge >= 0.3 is 11.7 Å². The van der Waals surface area contributed by atoms with Crippen LogP contribution in [-0.4, -0.2) is 47.5 Å². The van der Waals surface area contributed by atoms with Crippen LogP contribution in [0.15, 0.2) is 46.1 Å². The number of H-pyrrole nitrogens is 1. The molecule has 10 nitrogen and oxygen atoms in total. The number of anilines is 1. The van der Waals surface area contributed by atoms with Gasteiger partial charge in [-0.05, 0) is 19.1 Å².